The number of amides is 1. The zero-order chi connectivity index (χ0) is 16.5. The van der Waals surface area contributed by atoms with Crippen molar-refractivity contribution in [1.29, 1.82) is 0 Å². The molecule has 0 aromatic heterocycles. The molecule has 0 unspecified atom stereocenters. The fraction of sp³-hybridized carbons (Fsp3) is 0.235. The molecule has 0 bridgehead atoms. The Kier molecular flexibility index (Phi) is 7.23. The van der Waals surface area contributed by atoms with Gasteiger partial charge in [0.25, 0.3) is 0 Å². The largest absolute Gasteiger partial charge is 0.490 e. The summed E-state index contributed by atoms with van der Waals surface area (Å²) in [6, 6.07) is 13.5. The average Bonchev–Trinajstić information content (AvgIpc) is 2.55. The van der Waals surface area contributed by atoms with Gasteiger partial charge in [-0.25, -0.2) is 4.39 Å². The molecular weight excluding hydrogens is 337 g/mol. The summed E-state index contributed by atoms with van der Waals surface area (Å²) in [4.78, 5) is 11.7. The number of carbonyl (C=O) groups is 1. The van der Waals surface area contributed by atoms with Crippen molar-refractivity contribution in [1.82, 2.24) is 5.32 Å². The molecule has 0 fully saturated rings. The van der Waals surface area contributed by atoms with Crippen LogP contribution in [0.15, 0.2) is 48.5 Å². The Morgan fingerprint density at radius 1 is 1.17 bits per heavy atom. The predicted molar refractivity (Wildman–Crippen MR) is 92.5 cm³/mol. The van der Waals surface area contributed by atoms with Crippen LogP contribution in [0.4, 0.5) is 4.39 Å². The molecular formula is C17H17ClFNO2S. The SMILES string of the molecule is O=C(CSCc1ccc(F)cc1)NCCOc1ccccc1Cl. The topological polar surface area (TPSA) is 38.3 Å². The maximum atomic E-state index is 12.8. The van der Waals surface area contributed by atoms with Gasteiger partial charge in [-0.3, -0.25) is 4.79 Å². The lowest BCUT2D eigenvalue weighted by Crippen LogP contribution is -2.29. The Labute approximate surface area is 144 Å². The zero-order valence-corrected chi connectivity index (χ0v) is 14.0. The van der Waals surface area contributed by atoms with E-state index in [0.29, 0.717) is 35.4 Å². The highest BCUT2D eigenvalue weighted by Crippen LogP contribution is 2.22. The first-order chi connectivity index (χ1) is 11.1. The second-order valence-electron chi connectivity index (χ2n) is 4.75. The molecule has 6 heteroatoms. The Morgan fingerprint density at radius 2 is 1.91 bits per heavy atom. The first-order valence-electron chi connectivity index (χ1n) is 7.11. The van der Waals surface area contributed by atoms with Gasteiger partial charge < -0.3 is 10.1 Å². The number of thioether (sulfide) groups is 1. The highest BCUT2D eigenvalue weighted by atomic mass is 35.5. The van der Waals surface area contributed by atoms with Gasteiger partial charge in [-0.15, -0.1) is 11.8 Å². The van der Waals surface area contributed by atoms with Crippen molar-refractivity contribution in [2.24, 2.45) is 0 Å². The van der Waals surface area contributed by atoms with Gasteiger partial charge in [0, 0.05) is 5.75 Å². The van der Waals surface area contributed by atoms with Crippen LogP contribution in [0.3, 0.4) is 0 Å². The predicted octanol–water partition coefficient (Wildman–Crippen LogP) is 3.91. The van der Waals surface area contributed by atoms with Gasteiger partial charge in [-0.1, -0.05) is 35.9 Å². The van der Waals surface area contributed by atoms with Crippen LogP contribution in [0.2, 0.25) is 5.02 Å². The van der Waals surface area contributed by atoms with E-state index >= 15 is 0 Å². The number of para-hydroxylation sites is 1. The van der Waals surface area contributed by atoms with Gasteiger partial charge in [0.2, 0.25) is 5.91 Å². The summed E-state index contributed by atoms with van der Waals surface area (Å²) in [6.07, 6.45) is 0. The minimum absolute atomic E-state index is 0.0557. The summed E-state index contributed by atoms with van der Waals surface area (Å²) in [5.74, 6) is 1.32. The normalized spacial score (nSPS) is 10.3. The minimum atomic E-state index is -0.255. The molecule has 23 heavy (non-hydrogen) atoms. The molecule has 0 saturated heterocycles. The van der Waals surface area contributed by atoms with Gasteiger partial charge >= 0.3 is 0 Å². The van der Waals surface area contributed by atoms with Crippen molar-refractivity contribution in [3.05, 3.63) is 64.9 Å². The Morgan fingerprint density at radius 3 is 2.65 bits per heavy atom. The zero-order valence-electron chi connectivity index (χ0n) is 12.4. The Hall–Kier alpha value is -1.72. The highest BCUT2D eigenvalue weighted by Gasteiger charge is 2.03. The second-order valence-corrected chi connectivity index (χ2v) is 6.14. The fourth-order valence-electron chi connectivity index (χ4n) is 1.81. The van der Waals surface area contributed by atoms with Crippen molar-refractivity contribution in [3.8, 4) is 5.75 Å². The van der Waals surface area contributed by atoms with Crippen LogP contribution in [-0.4, -0.2) is 24.8 Å². The fourth-order valence-corrected chi connectivity index (χ4v) is 2.81. The van der Waals surface area contributed by atoms with Gasteiger partial charge in [0.05, 0.1) is 17.3 Å². The maximum Gasteiger partial charge on any atom is 0.230 e. The van der Waals surface area contributed by atoms with E-state index in [4.69, 9.17) is 16.3 Å². The summed E-state index contributed by atoms with van der Waals surface area (Å²) < 4.78 is 18.2. The smallest absolute Gasteiger partial charge is 0.230 e. The van der Waals surface area contributed by atoms with Crippen LogP contribution in [-0.2, 0) is 10.5 Å². The van der Waals surface area contributed by atoms with E-state index in [2.05, 4.69) is 5.32 Å². The lowest BCUT2D eigenvalue weighted by molar-refractivity contribution is -0.118. The monoisotopic (exact) mass is 353 g/mol. The van der Waals surface area contributed by atoms with Gasteiger partial charge in [-0.2, -0.15) is 0 Å². The molecule has 0 spiro atoms. The number of nitrogens with one attached hydrogen (secondary N) is 1. The minimum Gasteiger partial charge on any atom is -0.490 e. The lowest BCUT2D eigenvalue weighted by atomic mass is 10.2. The van der Waals surface area contributed by atoms with Crippen molar-refractivity contribution >= 4 is 29.3 Å². The molecule has 0 atom stereocenters. The first kappa shape index (κ1) is 17.6. The van der Waals surface area contributed by atoms with Crippen LogP contribution < -0.4 is 10.1 Å². The second kappa shape index (κ2) is 9.43. The summed E-state index contributed by atoms with van der Waals surface area (Å²) in [6.45, 7) is 0.777. The number of rotatable bonds is 8. The molecule has 122 valence electrons. The van der Waals surface area contributed by atoms with E-state index < -0.39 is 0 Å². The molecule has 3 nitrogen and oxygen atoms in total. The van der Waals surface area contributed by atoms with Crippen molar-refractivity contribution in [2.75, 3.05) is 18.9 Å². The summed E-state index contributed by atoms with van der Waals surface area (Å²) >= 11 is 7.44. The third-order valence-corrected chi connectivity index (χ3v) is 4.25. The molecule has 0 saturated carbocycles. The van der Waals surface area contributed by atoms with Gasteiger partial charge in [0.1, 0.15) is 18.2 Å². The van der Waals surface area contributed by atoms with Crippen LogP contribution in [0.25, 0.3) is 0 Å². The number of ether oxygens (including phenoxy) is 1. The van der Waals surface area contributed by atoms with Crippen molar-refractivity contribution in [2.45, 2.75) is 5.75 Å². The van der Waals surface area contributed by atoms with E-state index in [1.54, 1.807) is 24.3 Å². The van der Waals surface area contributed by atoms with E-state index in [1.807, 2.05) is 12.1 Å². The molecule has 0 heterocycles. The molecule has 1 amide bonds. The number of carbonyl (C=O) groups excluding carboxylic acids is 1. The van der Waals surface area contributed by atoms with E-state index in [-0.39, 0.29) is 11.7 Å². The number of hydrogen-bond donors (Lipinski definition) is 1. The van der Waals surface area contributed by atoms with Crippen LogP contribution in [0.5, 0.6) is 5.75 Å². The van der Waals surface area contributed by atoms with Crippen LogP contribution >= 0.6 is 23.4 Å². The molecule has 0 radical (unpaired) electrons. The van der Waals surface area contributed by atoms with E-state index in [0.717, 1.165) is 5.56 Å². The average molecular weight is 354 g/mol. The number of hydrogen-bond acceptors (Lipinski definition) is 3. The van der Waals surface area contributed by atoms with E-state index in [1.165, 1.54) is 23.9 Å². The molecule has 2 aromatic rings. The quantitative estimate of drug-likeness (QED) is 0.731. The Balaban J connectivity index is 1.58. The van der Waals surface area contributed by atoms with Gasteiger partial charge in [-0.05, 0) is 29.8 Å². The van der Waals surface area contributed by atoms with Crippen molar-refractivity contribution in [3.63, 3.8) is 0 Å². The molecule has 0 aliphatic carbocycles. The first-order valence-corrected chi connectivity index (χ1v) is 8.64. The number of halogens is 2. The standard InChI is InChI=1S/C17H17ClFNO2S/c18-15-3-1-2-4-16(15)22-10-9-20-17(21)12-23-11-13-5-7-14(19)8-6-13/h1-8H,9-12H2,(H,20,21). The Bertz CT molecular complexity index is 637. The molecule has 0 aliphatic rings. The lowest BCUT2D eigenvalue weighted by Gasteiger charge is -2.09. The molecule has 0 aliphatic heterocycles. The maximum absolute atomic E-state index is 12.8. The summed E-state index contributed by atoms with van der Waals surface area (Å²) in [5.41, 5.74) is 0.992. The third-order valence-electron chi connectivity index (χ3n) is 2.93. The van der Waals surface area contributed by atoms with Gasteiger partial charge in [0.15, 0.2) is 0 Å². The highest BCUT2D eigenvalue weighted by molar-refractivity contribution is 7.99. The van der Waals surface area contributed by atoms with Crippen LogP contribution in [0, 0.1) is 5.82 Å². The molecule has 2 rings (SSSR count). The summed E-state index contributed by atoms with van der Waals surface area (Å²) in [7, 11) is 0. The summed E-state index contributed by atoms with van der Waals surface area (Å²) in [5, 5.41) is 3.33. The molecule has 2 aromatic carbocycles. The van der Waals surface area contributed by atoms with E-state index in [9.17, 15) is 9.18 Å². The van der Waals surface area contributed by atoms with Crippen molar-refractivity contribution < 1.29 is 13.9 Å². The van der Waals surface area contributed by atoms with Crippen LogP contribution in [0.1, 0.15) is 5.56 Å². The number of benzene rings is 2. The third kappa shape index (κ3) is 6.50. The molecule has 1 N–H and O–H groups in total.